The summed E-state index contributed by atoms with van der Waals surface area (Å²) in [6, 6.07) is 0.280. The van der Waals surface area contributed by atoms with Gasteiger partial charge in [0.1, 0.15) is 0 Å². The van der Waals surface area contributed by atoms with Crippen molar-refractivity contribution in [3.8, 4) is 12.3 Å². The molecule has 0 aliphatic heterocycles. The van der Waals surface area contributed by atoms with Crippen LogP contribution in [0, 0.1) is 12.3 Å². The third-order valence-electron chi connectivity index (χ3n) is 2.39. The van der Waals surface area contributed by atoms with Crippen LogP contribution in [-0.2, 0) is 0 Å². The van der Waals surface area contributed by atoms with Gasteiger partial charge in [0, 0.05) is 25.0 Å². The van der Waals surface area contributed by atoms with Gasteiger partial charge in [-0.05, 0) is 25.8 Å². The van der Waals surface area contributed by atoms with Crippen molar-refractivity contribution in [1.29, 1.82) is 0 Å². The molecule has 0 aromatic carbocycles. The zero-order chi connectivity index (χ0) is 11.6. The van der Waals surface area contributed by atoms with Gasteiger partial charge >= 0.3 is 0 Å². The first-order valence-corrected chi connectivity index (χ1v) is 5.81. The van der Waals surface area contributed by atoms with Crippen LogP contribution in [0.3, 0.4) is 0 Å². The molecule has 0 fully saturated rings. The average Bonchev–Trinajstić information content (AvgIpc) is 2.35. The second-order valence-corrected chi connectivity index (χ2v) is 3.73. The van der Waals surface area contributed by atoms with Crippen molar-refractivity contribution in [3.63, 3.8) is 0 Å². The van der Waals surface area contributed by atoms with Crippen LogP contribution in [0.25, 0.3) is 0 Å². The van der Waals surface area contributed by atoms with Crippen LogP contribution in [0.2, 0.25) is 0 Å². The molecule has 1 heterocycles. The Morgan fingerprint density at radius 2 is 2.38 bits per heavy atom. The molecule has 0 aliphatic rings. The quantitative estimate of drug-likeness (QED) is 0.562. The van der Waals surface area contributed by atoms with Crippen molar-refractivity contribution in [3.05, 3.63) is 24.3 Å². The lowest BCUT2D eigenvalue weighted by Crippen LogP contribution is -2.23. The fourth-order valence-corrected chi connectivity index (χ4v) is 1.57. The summed E-state index contributed by atoms with van der Waals surface area (Å²) < 4.78 is 0. The number of nitrogens with one attached hydrogen (secondary N) is 1. The van der Waals surface area contributed by atoms with Gasteiger partial charge in [0.2, 0.25) is 0 Å². The molecule has 1 atom stereocenters. The lowest BCUT2D eigenvalue weighted by Gasteiger charge is -2.16. The normalized spacial score (nSPS) is 12.0. The smallest absolute Gasteiger partial charge is 0.0756 e. The lowest BCUT2D eigenvalue weighted by molar-refractivity contribution is 0.476. The Morgan fingerprint density at radius 1 is 1.50 bits per heavy atom. The highest BCUT2D eigenvalue weighted by Gasteiger charge is 2.10. The van der Waals surface area contributed by atoms with Crippen molar-refractivity contribution in [2.24, 2.45) is 0 Å². The summed E-state index contributed by atoms with van der Waals surface area (Å²) in [7, 11) is 0. The van der Waals surface area contributed by atoms with E-state index in [1.807, 2.05) is 6.20 Å². The van der Waals surface area contributed by atoms with Gasteiger partial charge in [-0.2, -0.15) is 0 Å². The zero-order valence-corrected chi connectivity index (χ0v) is 9.82. The highest BCUT2D eigenvalue weighted by molar-refractivity contribution is 5.02. The summed E-state index contributed by atoms with van der Waals surface area (Å²) in [5.74, 6) is 2.67. The highest BCUT2D eigenvalue weighted by atomic mass is 14.9. The van der Waals surface area contributed by atoms with Crippen molar-refractivity contribution >= 4 is 0 Å². The summed E-state index contributed by atoms with van der Waals surface area (Å²) in [5.41, 5.74) is 1.01. The van der Waals surface area contributed by atoms with Crippen molar-refractivity contribution in [2.45, 2.75) is 38.6 Å². The van der Waals surface area contributed by atoms with E-state index in [2.05, 4.69) is 28.1 Å². The minimum Gasteiger partial charge on any atom is -0.309 e. The number of rotatable bonds is 7. The van der Waals surface area contributed by atoms with Gasteiger partial charge in [-0.15, -0.1) is 12.3 Å². The van der Waals surface area contributed by atoms with Gasteiger partial charge in [0.05, 0.1) is 11.7 Å². The first kappa shape index (κ1) is 12.7. The number of aromatic nitrogens is 2. The summed E-state index contributed by atoms with van der Waals surface area (Å²) >= 11 is 0. The van der Waals surface area contributed by atoms with E-state index in [9.17, 15) is 0 Å². The number of hydrogen-bond acceptors (Lipinski definition) is 3. The predicted octanol–water partition coefficient (Wildman–Crippen LogP) is 2.32. The monoisotopic (exact) mass is 217 g/mol. The SMILES string of the molecule is C#CCCCC(NCCC)c1cnccn1. The molecule has 1 aromatic heterocycles. The van der Waals surface area contributed by atoms with Crippen LogP contribution < -0.4 is 5.32 Å². The molecule has 86 valence electrons. The van der Waals surface area contributed by atoms with E-state index in [-0.39, 0.29) is 6.04 Å². The fourth-order valence-electron chi connectivity index (χ4n) is 1.57. The van der Waals surface area contributed by atoms with Gasteiger partial charge < -0.3 is 5.32 Å². The summed E-state index contributed by atoms with van der Waals surface area (Å²) in [5, 5.41) is 3.47. The molecule has 1 unspecified atom stereocenters. The number of unbranched alkanes of at least 4 members (excludes halogenated alkanes) is 1. The molecule has 3 nitrogen and oxygen atoms in total. The van der Waals surface area contributed by atoms with Gasteiger partial charge in [-0.1, -0.05) is 6.92 Å². The van der Waals surface area contributed by atoms with Crippen LogP contribution in [-0.4, -0.2) is 16.5 Å². The molecule has 0 spiro atoms. The minimum atomic E-state index is 0.280. The fraction of sp³-hybridized carbons (Fsp3) is 0.538. The Bertz CT molecular complexity index is 316. The Kier molecular flexibility index (Phi) is 6.20. The summed E-state index contributed by atoms with van der Waals surface area (Å²) in [6.07, 6.45) is 14.5. The molecule has 1 N–H and O–H groups in total. The average molecular weight is 217 g/mol. The Morgan fingerprint density at radius 3 is 3.00 bits per heavy atom. The van der Waals surface area contributed by atoms with Gasteiger partial charge in [-0.25, -0.2) is 0 Å². The molecule has 0 saturated carbocycles. The Balaban J connectivity index is 2.53. The first-order chi connectivity index (χ1) is 7.88. The van der Waals surface area contributed by atoms with Crippen molar-refractivity contribution in [2.75, 3.05) is 6.54 Å². The van der Waals surface area contributed by atoms with Crippen molar-refractivity contribution in [1.82, 2.24) is 15.3 Å². The maximum absolute atomic E-state index is 5.26. The standard InChI is InChI=1S/C13H19N3/c1-3-5-6-7-12(15-8-4-2)13-11-14-9-10-16-13/h1,9-12,15H,4-8H2,2H3. The van der Waals surface area contributed by atoms with E-state index in [1.54, 1.807) is 12.4 Å². The van der Waals surface area contributed by atoms with E-state index < -0.39 is 0 Å². The molecule has 0 radical (unpaired) electrons. The second-order valence-electron chi connectivity index (χ2n) is 3.73. The maximum Gasteiger partial charge on any atom is 0.0756 e. The number of terminal acetylenes is 1. The molecular formula is C13H19N3. The third-order valence-corrected chi connectivity index (χ3v) is 2.39. The molecule has 1 rings (SSSR count). The summed E-state index contributed by atoms with van der Waals surface area (Å²) in [6.45, 7) is 3.15. The lowest BCUT2D eigenvalue weighted by atomic mass is 10.1. The second kappa shape index (κ2) is 7.84. The van der Waals surface area contributed by atoms with E-state index in [0.29, 0.717) is 0 Å². The molecule has 16 heavy (non-hydrogen) atoms. The molecule has 0 aliphatic carbocycles. The highest BCUT2D eigenvalue weighted by Crippen LogP contribution is 2.16. The van der Waals surface area contributed by atoms with Crippen LogP contribution in [0.15, 0.2) is 18.6 Å². The van der Waals surface area contributed by atoms with E-state index in [1.165, 1.54) is 0 Å². The van der Waals surface area contributed by atoms with Gasteiger partial charge in [-0.3, -0.25) is 9.97 Å². The number of nitrogens with zero attached hydrogens (tertiary/aromatic N) is 2. The Hall–Kier alpha value is -1.40. The van der Waals surface area contributed by atoms with Crippen LogP contribution >= 0.6 is 0 Å². The summed E-state index contributed by atoms with van der Waals surface area (Å²) in [4.78, 5) is 8.43. The molecular weight excluding hydrogens is 198 g/mol. The zero-order valence-electron chi connectivity index (χ0n) is 9.82. The molecule has 0 bridgehead atoms. The maximum atomic E-state index is 5.26. The molecule has 0 saturated heterocycles. The minimum absolute atomic E-state index is 0.280. The van der Waals surface area contributed by atoms with Gasteiger partial charge in [0.25, 0.3) is 0 Å². The topological polar surface area (TPSA) is 37.8 Å². The van der Waals surface area contributed by atoms with Gasteiger partial charge in [0.15, 0.2) is 0 Å². The van der Waals surface area contributed by atoms with Crippen LogP contribution in [0.4, 0.5) is 0 Å². The predicted molar refractivity (Wildman–Crippen MR) is 65.8 cm³/mol. The third kappa shape index (κ3) is 4.41. The molecule has 3 heteroatoms. The molecule has 0 amide bonds. The number of hydrogen-bond donors (Lipinski definition) is 1. The van der Waals surface area contributed by atoms with Crippen LogP contribution in [0.1, 0.15) is 44.3 Å². The largest absolute Gasteiger partial charge is 0.309 e. The van der Waals surface area contributed by atoms with E-state index in [4.69, 9.17) is 6.42 Å². The molecule has 1 aromatic rings. The first-order valence-electron chi connectivity index (χ1n) is 5.81. The van der Waals surface area contributed by atoms with Crippen molar-refractivity contribution < 1.29 is 0 Å². The van der Waals surface area contributed by atoms with E-state index in [0.717, 1.165) is 37.9 Å². The van der Waals surface area contributed by atoms with Crippen LogP contribution in [0.5, 0.6) is 0 Å². The Labute approximate surface area is 97.7 Å². The van der Waals surface area contributed by atoms with E-state index >= 15 is 0 Å².